The minimum atomic E-state index is -4.67. The number of anilines is 1. The van der Waals surface area contributed by atoms with Gasteiger partial charge >= 0.3 is 20.8 Å². The average molecular weight is 301 g/mol. The Kier molecular flexibility index (Phi) is 6.00. The maximum atomic E-state index is 10.3. The molecule has 11 heteroatoms. The van der Waals surface area contributed by atoms with E-state index in [4.69, 9.17) is 22.1 Å². The molecule has 1 rings (SSSR count). The fourth-order valence-electron chi connectivity index (χ4n) is 0.799. The second-order valence-corrected chi connectivity index (χ2v) is 4.65. The number of hydrogen-bond acceptors (Lipinski definition) is 6. The summed E-state index contributed by atoms with van der Waals surface area (Å²) in [6, 6.07) is 6.11. The Hall–Kier alpha value is -1.40. The zero-order chi connectivity index (χ0) is 14.4. The molecule has 0 heterocycles. The molecule has 104 valence electrons. The van der Waals surface area contributed by atoms with Gasteiger partial charge in [-0.05, 0) is 24.3 Å². The Bertz CT molecular complexity index is 554. The van der Waals surface area contributed by atoms with E-state index in [1.807, 2.05) is 0 Å². The second-order valence-electron chi connectivity index (χ2n) is 2.73. The molecule has 0 saturated heterocycles. The molecule has 0 aliphatic heterocycles. The molecule has 18 heavy (non-hydrogen) atoms. The van der Waals surface area contributed by atoms with Crippen molar-refractivity contribution in [1.29, 1.82) is 0 Å². The molecular formula is C7H11NO8S2. The molecule has 0 aliphatic carbocycles. The van der Waals surface area contributed by atoms with Crippen LogP contribution in [-0.2, 0) is 20.8 Å². The maximum Gasteiger partial charge on any atom is 0.446 e. The highest BCUT2D eigenvalue weighted by atomic mass is 32.3. The largest absolute Gasteiger partial charge is 0.446 e. The lowest BCUT2D eigenvalue weighted by Gasteiger charge is -2.02. The van der Waals surface area contributed by atoms with Crippen molar-refractivity contribution in [1.82, 2.24) is 0 Å². The molecule has 4 N–H and O–H groups in total. The van der Waals surface area contributed by atoms with Crippen LogP contribution in [0.3, 0.4) is 0 Å². The third-order valence-corrected chi connectivity index (χ3v) is 1.75. The fourth-order valence-corrected chi connectivity index (χ4v) is 1.15. The van der Waals surface area contributed by atoms with E-state index in [9.17, 15) is 8.42 Å². The van der Waals surface area contributed by atoms with Crippen LogP contribution in [0.25, 0.3) is 0 Å². The highest BCUT2D eigenvalue weighted by Gasteiger charge is 2.05. The minimum Gasteiger partial charge on any atom is -0.388 e. The van der Waals surface area contributed by atoms with E-state index in [0.717, 1.165) is 5.69 Å². The van der Waals surface area contributed by atoms with Crippen LogP contribution in [0.4, 0.5) is 5.69 Å². The number of benzene rings is 1. The van der Waals surface area contributed by atoms with E-state index >= 15 is 0 Å². The van der Waals surface area contributed by atoms with Gasteiger partial charge in [0.15, 0.2) is 0 Å². The predicted molar refractivity (Wildman–Crippen MR) is 62.3 cm³/mol. The van der Waals surface area contributed by atoms with Crippen LogP contribution in [0.2, 0.25) is 0 Å². The van der Waals surface area contributed by atoms with Crippen molar-refractivity contribution in [2.75, 3.05) is 12.4 Å². The van der Waals surface area contributed by atoms with Crippen molar-refractivity contribution in [3.63, 3.8) is 0 Å². The van der Waals surface area contributed by atoms with Gasteiger partial charge in [-0.25, -0.2) is 0 Å². The summed E-state index contributed by atoms with van der Waals surface area (Å²) in [6.45, 7) is 0. The first-order chi connectivity index (χ1) is 8.01. The maximum absolute atomic E-state index is 10.3. The van der Waals surface area contributed by atoms with Crippen LogP contribution in [0, 0.1) is 0 Å². The summed E-state index contributed by atoms with van der Waals surface area (Å²) in [4.78, 5) is 0. The fraction of sp³-hybridized carbons (Fsp3) is 0.143. The van der Waals surface area contributed by atoms with Crippen LogP contribution in [0.15, 0.2) is 24.3 Å². The molecule has 0 atom stereocenters. The monoisotopic (exact) mass is 301 g/mol. The van der Waals surface area contributed by atoms with Gasteiger partial charge in [0.2, 0.25) is 0 Å². The molecule has 0 amide bonds. The summed E-state index contributed by atoms with van der Waals surface area (Å²) < 4.78 is 64.7. The first-order valence-corrected chi connectivity index (χ1v) is 6.92. The first-order valence-electron chi connectivity index (χ1n) is 4.16. The molecular weight excluding hydrogens is 290 g/mol. The van der Waals surface area contributed by atoms with Crippen LogP contribution in [0.1, 0.15) is 0 Å². The molecule has 1 aromatic carbocycles. The smallest absolute Gasteiger partial charge is 0.388 e. The van der Waals surface area contributed by atoms with Gasteiger partial charge < -0.3 is 9.50 Å². The summed E-state index contributed by atoms with van der Waals surface area (Å²) in [5.41, 5.74) is 0.822. The van der Waals surface area contributed by atoms with E-state index in [1.165, 1.54) is 12.1 Å². The molecule has 0 aromatic heterocycles. The van der Waals surface area contributed by atoms with Crippen molar-refractivity contribution in [3.8, 4) is 5.75 Å². The molecule has 0 unspecified atom stereocenters. The third-order valence-electron chi connectivity index (χ3n) is 1.34. The summed E-state index contributed by atoms with van der Waals surface area (Å²) in [7, 11) is -7.35. The van der Waals surface area contributed by atoms with E-state index in [2.05, 4.69) is 9.50 Å². The van der Waals surface area contributed by atoms with Crippen LogP contribution in [0.5, 0.6) is 5.75 Å². The number of hydrogen-bond donors (Lipinski definition) is 4. The summed E-state index contributed by atoms with van der Waals surface area (Å²) in [6.07, 6.45) is 0. The molecule has 0 aliphatic rings. The van der Waals surface area contributed by atoms with Gasteiger partial charge in [0.05, 0.1) is 0 Å². The lowest BCUT2D eigenvalue weighted by molar-refractivity contribution is 0.380. The van der Waals surface area contributed by atoms with Gasteiger partial charge in [-0.2, -0.15) is 16.8 Å². The molecule has 9 nitrogen and oxygen atoms in total. The van der Waals surface area contributed by atoms with Gasteiger partial charge in [0.1, 0.15) is 5.75 Å². The van der Waals surface area contributed by atoms with E-state index in [0.29, 0.717) is 0 Å². The van der Waals surface area contributed by atoms with Gasteiger partial charge in [-0.3, -0.25) is 13.7 Å². The zero-order valence-corrected chi connectivity index (χ0v) is 10.6. The van der Waals surface area contributed by atoms with Crippen molar-refractivity contribution < 1.29 is 34.7 Å². The lowest BCUT2D eigenvalue weighted by Crippen LogP contribution is -2.06. The van der Waals surface area contributed by atoms with E-state index in [-0.39, 0.29) is 5.75 Å². The predicted octanol–water partition coefficient (Wildman–Crippen LogP) is 0.257. The number of nitrogens with one attached hydrogen (secondary N) is 1. The Labute approximate surface area is 104 Å². The van der Waals surface area contributed by atoms with Crippen molar-refractivity contribution in [3.05, 3.63) is 24.3 Å². The first kappa shape index (κ1) is 16.6. The van der Waals surface area contributed by atoms with Gasteiger partial charge in [0.25, 0.3) is 0 Å². The van der Waals surface area contributed by atoms with Crippen molar-refractivity contribution >= 4 is 26.5 Å². The van der Waals surface area contributed by atoms with E-state index < -0.39 is 20.8 Å². The van der Waals surface area contributed by atoms with Gasteiger partial charge in [0, 0.05) is 12.7 Å². The lowest BCUT2D eigenvalue weighted by atomic mass is 10.3. The highest BCUT2D eigenvalue weighted by Crippen LogP contribution is 2.16. The topological polar surface area (TPSA) is 150 Å². The van der Waals surface area contributed by atoms with Crippen LogP contribution in [-0.4, -0.2) is 37.5 Å². The molecule has 0 bridgehead atoms. The van der Waals surface area contributed by atoms with Crippen molar-refractivity contribution in [2.24, 2.45) is 0 Å². The zero-order valence-electron chi connectivity index (χ0n) is 9.01. The van der Waals surface area contributed by atoms with Crippen LogP contribution < -0.4 is 9.50 Å². The van der Waals surface area contributed by atoms with Gasteiger partial charge in [-0.15, -0.1) is 0 Å². The Morgan fingerprint density at radius 2 is 1.39 bits per heavy atom. The standard InChI is InChI=1S/C7H9NO4S.H2O4S/c1-8-6-2-4-7(5-3-6)12-13(9,10)11;1-5(2,3)4/h2-5,8H,1H3,(H,9,10,11);(H2,1,2,3,4). The third kappa shape index (κ3) is 11.1. The average Bonchev–Trinajstić information content (AvgIpc) is 2.14. The van der Waals surface area contributed by atoms with Crippen molar-refractivity contribution in [2.45, 2.75) is 0 Å². The normalized spacial score (nSPS) is 11.1. The van der Waals surface area contributed by atoms with Crippen LogP contribution >= 0.6 is 0 Å². The molecule has 1 aromatic rings. The van der Waals surface area contributed by atoms with E-state index in [1.54, 1.807) is 19.2 Å². The summed E-state index contributed by atoms with van der Waals surface area (Å²) in [5.74, 6) is 0.0708. The Morgan fingerprint density at radius 3 is 1.67 bits per heavy atom. The quantitative estimate of drug-likeness (QED) is 0.576. The number of rotatable bonds is 3. The highest BCUT2D eigenvalue weighted by molar-refractivity contribution is 7.81. The SMILES string of the molecule is CNc1ccc(OS(=O)(=O)O)cc1.O=S(=O)(O)O. The second kappa shape index (κ2) is 6.51. The molecule has 0 saturated carbocycles. The van der Waals surface area contributed by atoms with Gasteiger partial charge in [-0.1, -0.05) is 0 Å². The molecule has 0 radical (unpaired) electrons. The summed E-state index contributed by atoms with van der Waals surface area (Å²) >= 11 is 0. The molecule has 0 spiro atoms. The Balaban J connectivity index is 0.000000494. The Morgan fingerprint density at radius 1 is 1.00 bits per heavy atom. The minimum absolute atomic E-state index is 0.0708. The molecule has 0 fully saturated rings. The summed E-state index contributed by atoms with van der Waals surface area (Å²) in [5, 5.41) is 2.85.